The fourth-order valence-electron chi connectivity index (χ4n) is 3.27. The van der Waals surface area contributed by atoms with Crippen LogP contribution in [0.15, 0.2) is 48.5 Å². The van der Waals surface area contributed by atoms with Gasteiger partial charge in [0.05, 0.1) is 12.2 Å². The van der Waals surface area contributed by atoms with Crippen LogP contribution in [0, 0.1) is 0 Å². The lowest BCUT2D eigenvalue weighted by molar-refractivity contribution is 0.0467. The first-order chi connectivity index (χ1) is 13.5. The summed E-state index contributed by atoms with van der Waals surface area (Å²) in [6, 6.07) is 16.0. The van der Waals surface area contributed by atoms with Crippen molar-refractivity contribution in [3.05, 3.63) is 59.7 Å². The van der Waals surface area contributed by atoms with Gasteiger partial charge in [-0.1, -0.05) is 38.1 Å². The van der Waals surface area contributed by atoms with Crippen LogP contribution in [-0.2, 0) is 5.41 Å². The van der Waals surface area contributed by atoms with Gasteiger partial charge in [-0.2, -0.15) is 0 Å². The first kappa shape index (κ1) is 23.5. The van der Waals surface area contributed by atoms with Crippen LogP contribution < -0.4 is 9.47 Å². The van der Waals surface area contributed by atoms with E-state index in [1.54, 1.807) is 6.92 Å². The molecule has 2 atom stereocenters. The first-order valence-corrected chi connectivity index (χ1v) is 10.5. The van der Waals surface area contributed by atoms with Crippen molar-refractivity contribution in [3.8, 4) is 11.5 Å². The van der Waals surface area contributed by atoms with E-state index in [-0.39, 0.29) is 17.9 Å². The molecule has 0 amide bonds. The van der Waals surface area contributed by atoms with Crippen LogP contribution in [0.1, 0.15) is 52.2 Å². The zero-order valence-electron chi connectivity index (χ0n) is 18.0. The molecule has 0 heterocycles. The predicted octanol–water partition coefficient (Wildman–Crippen LogP) is 4.92. The molecule has 0 aromatic heterocycles. The van der Waals surface area contributed by atoms with Crippen LogP contribution in [0.2, 0.25) is 0 Å². The van der Waals surface area contributed by atoms with E-state index in [9.17, 15) is 10.2 Å². The molecular weight excluding hydrogens is 388 g/mol. The summed E-state index contributed by atoms with van der Waals surface area (Å²) >= 11 is 5.71. The molecule has 160 valence electrons. The molecular formula is C24H33ClO4. The molecule has 5 heteroatoms. The second kappa shape index (κ2) is 9.84. The second-order valence-corrected chi connectivity index (χ2v) is 9.02. The zero-order chi connectivity index (χ0) is 21.7. The maximum Gasteiger partial charge on any atom is 0.120 e. The van der Waals surface area contributed by atoms with E-state index < -0.39 is 17.8 Å². The van der Waals surface area contributed by atoms with Gasteiger partial charge in [0, 0.05) is 17.7 Å². The molecule has 0 fully saturated rings. The van der Waals surface area contributed by atoms with Crippen molar-refractivity contribution in [1.29, 1.82) is 0 Å². The normalized spacial score (nSPS) is 14.3. The zero-order valence-corrected chi connectivity index (χ0v) is 18.7. The minimum Gasteiger partial charge on any atom is -0.491 e. The largest absolute Gasteiger partial charge is 0.491 e. The molecule has 2 unspecified atom stereocenters. The van der Waals surface area contributed by atoms with E-state index >= 15 is 0 Å². The third kappa shape index (κ3) is 6.91. The van der Waals surface area contributed by atoms with Crippen molar-refractivity contribution in [2.75, 3.05) is 12.5 Å². The molecule has 2 rings (SSSR count). The van der Waals surface area contributed by atoms with Crippen molar-refractivity contribution >= 4 is 11.6 Å². The monoisotopic (exact) mass is 420 g/mol. The lowest BCUT2D eigenvalue weighted by atomic mass is 9.78. The third-order valence-electron chi connectivity index (χ3n) is 4.94. The average Bonchev–Trinajstić information content (AvgIpc) is 2.66. The van der Waals surface area contributed by atoms with Gasteiger partial charge in [0.15, 0.2) is 0 Å². The molecule has 0 saturated carbocycles. The summed E-state index contributed by atoms with van der Waals surface area (Å²) in [5.41, 5.74) is 1.64. The molecule has 2 aromatic rings. The Balaban J connectivity index is 2.09. The number of alkyl halides is 1. The van der Waals surface area contributed by atoms with Crippen molar-refractivity contribution in [1.82, 2.24) is 0 Å². The molecule has 2 aromatic carbocycles. The maximum absolute atomic E-state index is 9.80. The van der Waals surface area contributed by atoms with Crippen LogP contribution in [-0.4, -0.2) is 40.5 Å². The fourth-order valence-corrected chi connectivity index (χ4v) is 3.38. The number of ether oxygens (including phenoxy) is 2. The number of benzene rings is 2. The highest BCUT2D eigenvalue weighted by atomic mass is 35.5. The van der Waals surface area contributed by atoms with Gasteiger partial charge >= 0.3 is 0 Å². The number of aliphatic hydroxyl groups is 2. The molecule has 2 N–H and O–H groups in total. The van der Waals surface area contributed by atoms with Crippen molar-refractivity contribution in [3.63, 3.8) is 0 Å². The van der Waals surface area contributed by atoms with Gasteiger partial charge in [0.1, 0.15) is 23.7 Å². The third-order valence-corrected chi connectivity index (χ3v) is 5.30. The summed E-state index contributed by atoms with van der Waals surface area (Å²) in [6.07, 6.45) is -0.611. The van der Waals surface area contributed by atoms with E-state index in [2.05, 4.69) is 38.1 Å². The number of hydrogen-bond acceptors (Lipinski definition) is 4. The van der Waals surface area contributed by atoms with Crippen LogP contribution in [0.3, 0.4) is 0 Å². The van der Waals surface area contributed by atoms with Crippen molar-refractivity contribution in [2.24, 2.45) is 0 Å². The summed E-state index contributed by atoms with van der Waals surface area (Å²) < 4.78 is 11.6. The highest BCUT2D eigenvalue weighted by Crippen LogP contribution is 2.34. The summed E-state index contributed by atoms with van der Waals surface area (Å²) in [6.45, 7) is 10.2. The first-order valence-electron chi connectivity index (χ1n) is 9.98. The van der Waals surface area contributed by atoms with E-state index in [1.165, 1.54) is 11.1 Å². The Morgan fingerprint density at radius 1 is 0.862 bits per heavy atom. The summed E-state index contributed by atoms with van der Waals surface area (Å²) in [4.78, 5) is 0. The van der Waals surface area contributed by atoms with Gasteiger partial charge < -0.3 is 19.7 Å². The molecule has 0 bridgehead atoms. The Bertz CT molecular complexity index is 751. The quantitative estimate of drug-likeness (QED) is 0.535. The number of rotatable bonds is 10. The molecule has 0 aliphatic heterocycles. The van der Waals surface area contributed by atoms with Crippen molar-refractivity contribution < 1.29 is 19.7 Å². The molecule has 0 aliphatic carbocycles. The molecule has 0 saturated heterocycles. The average molecular weight is 421 g/mol. The number of halogens is 1. The highest BCUT2D eigenvalue weighted by Gasteiger charge is 2.26. The van der Waals surface area contributed by atoms with E-state index in [4.69, 9.17) is 21.1 Å². The standard InChI is InChI=1S/C24H33ClO4/c1-17(26)16-28-21-10-6-18(7-11-21)24(4,5)19-8-12-22(13-9-19)29-23(2,3)14-20(27)15-25/h6-13,17,20,26-27H,14-16H2,1-5H3. The van der Waals surface area contributed by atoms with Gasteiger partial charge in [-0.3, -0.25) is 0 Å². The van der Waals surface area contributed by atoms with Crippen molar-refractivity contribution in [2.45, 2.75) is 64.3 Å². The van der Waals surface area contributed by atoms with Crippen LogP contribution >= 0.6 is 11.6 Å². The van der Waals surface area contributed by atoms with Gasteiger partial charge in [0.25, 0.3) is 0 Å². The van der Waals surface area contributed by atoms with E-state index in [0.717, 1.165) is 11.5 Å². The van der Waals surface area contributed by atoms with Gasteiger partial charge in [0.2, 0.25) is 0 Å². The molecule has 0 aliphatic rings. The summed E-state index contributed by atoms with van der Waals surface area (Å²) in [5, 5.41) is 19.1. The van der Waals surface area contributed by atoms with Gasteiger partial charge in [-0.05, 0) is 56.2 Å². The number of aliphatic hydroxyl groups excluding tert-OH is 2. The lowest BCUT2D eigenvalue weighted by Gasteiger charge is -2.29. The fraction of sp³-hybridized carbons (Fsp3) is 0.500. The summed E-state index contributed by atoms with van der Waals surface area (Å²) in [5.74, 6) is 1.71. The summed E-state index contributed by atoms with van der Waals surface area (Å²) in [7, 11) is 0. The van der Waals surface area contributed by atoms with Gasteiger partial charge in [-0.25, -0.2) is 0 Å². The Morgan fingerprint density at radius 2 is 1.34 bits per heavy atom. The Labute approximate surface area is 179 Å². The second-order valence-electron chi connectivity index (χ2n) is 8.71. The molecule has 0 radical (unpaired) electrons. The smallest absolute Gasteiger partial charge is 0.120 e. The van der Waals surface area contributed by atoms with Crippen LogP contribution in [0.25, 0.3) is 0 Å². The topological polar surface area (TPSA) is 58.9 Å². The number of hydrogen-bond donors (Lipinski definition) is 2. The minimum absolute atomic E-state index is 0.189. The molecule has 0 spiro atoms. The van der Waals surface area contributed by atoms with Crippen LogP contribution in [0.5, 0.6) is 11.5 Å². The van der Waals surface area contributed by atoms with Crippen LogP contribution in [0.4, 0.5) is 0 Å². The van der Waals surface area contributed by atoms with E-state index in [1.807, 2.05) is 38.1 Å². The van der Waals surface area contributed by atoms with E-state index in [0.29, 0.717) is 6.42 Å². The predicted molar refractivity (Wildman–Crippen MR) is 118 cm³/mol. The minimum atomic E-state index is -0.586. The Hall–Kier alpha value is -1.75. The highest BCUT2D eigenvalue weighted by molar-refractivity contribution is 6.18. The lowest BCUT2D eigenvalue weighted by Crippen LogP contribution is -2.33. The SMILES string of the molecule is CC(O)COc1ccc(C(C)(C)c2ccc(OC(C)(C)CC(O)CCl)cc2)cc1. The molecule has 29 heavy (non-hydrogen) atoms. The van der Waals surface area contributed by atoms with Gasteiger partial charge in [-0.15, -0.1) is 11.6 Å². The molecule has 4 nitrogen and oxygen atoms in total. The Morgan fingerprint density at radius 3 is 1.79 bits per heavy atom. The Kier molecular flexibility index (Phi) is 7.98. The maximum atomic E-state index is 9.80.